The second-order valence-electron chi connectivity index (χ2n) is 10.8. The van der Waals surface area contributed by atoms with Crippen LogP contribution in [0.3, 0.4) is 0 Å². The molecule has 1 aliphatic heterocycles. The van der Waals surface area contributed by atoms with Gasteiger partial charge in [-0.05, 0) is 71.1 Å². The minimum Gasteiger partial charge on any atom is -0.352 e. The number of pyridine rings is 1. The van der Waals surface area contributed by atoms with Crippen LogP contribution in [0.25, 0.3) is 32.5 Å². The topological polar surface area (TPSA) is 93.2 Å². The van der Waals surface area contributed by atoms with E-state index in [9.17, 15) is 18.0 Å². The number of benzene rings is 1. The van der Waals surface area contributed by atoms with Crippen LogP contribution in [0.2, 0.25) is 0 Å². The quantitative estimate of drug-likeness (QED) is 0.289. The van der Waals surface area contributed by atoms with Crippen LogP contribution in [0.15, 0.2) is 41.3 Å². The number of fused-ring (bicyclic) bond motifs is 2. The van der Waals surface area contributed by atoms with Crippen molar-refractivity contribution in [3.8, 4) is 5.69 Å². The summed E-state index contributed by atoms with van der Waals surface area (Å²) < 4.78 is 40.4. The molecule has 4 aromatic rings. The van der Waals surface area contributed by atoms with Gasteiger partial charge in [-0.15, -0.1) is 0 Å². The lowest BCUT2D eigenvalue weighted by molar-refractivity contribution is -0.143. The smallest absolute Gasteiger partial charge is 0.352 e. The molecule has 2 fully saturated rings. The van der Waals surface area contributed by atoms with Crippen molar-refractivity contribution >= 4 is 49.5 Å². The second kappa shape index (κ2) is 11.0. The Morgan fingerprint density at radius 2 is 2.07 bits per heavy atom. The summed E-state index contributed by atoms with van der Waals surface area (Å²) in [4.78, 5) is 31.6. The van der Waals surface area contributed by atoms with E-state index in [-0.39, 0.29) is 30.3 Å². The highest BCUT2D eigenvalue weighted by atomic mass is 79.9. The highest BCUT2D eigenvalue weighted by Gasteiger charge is 2.36. The lowest BCUT2D eigenvalue weighted by Gasteiger charge is -2.19. The van der Waals surface area contributed by atoms with Gasteiger partial charge in [-0.3, -0.25) is 14.7 Å². The number of nitrogens with one attached hydrogen (secondary N) is 1. The Labute approximate surface area is 242 Å². The molecule has 0 bridgehead atoms. The molecule has 0 radical (unpaired) electrons. The van der Waals surface area contributed by atoms with E-state index in [2.05, 4.69) is 41.2 Å². The number of amides is 1. The average Bonchev–Trinajstić information content (AvgIpc) is 3.66. The molecule has 1 unspecified atom stereocenters. The standard InChI is InChI=1S/C28H26BrF3N8O/c1-33-22-12-20(11-17-3-2-7-34-24(17)22)40-26-21(25(29)38-40)13-35-23(37-26)10-16-4-5-18(9-16)27(41)36-19-6-8-39(14-19)15-28(30,31)32/h2-3,7,11-13,16,18-19H,4-6,8-10,14-15H2,(H,36,41)/t16-,18-,19?/m1/s1. The van der Waals surface area contributed by atoms with Gasteiger partial charge in [0.25, 0.3) is 0 Å². The molecule has 13 heteroatoms. The normalized spacial score (nSPS) is 21.5. The maximum absolute atomic E-state index is 12.9. The number of likely N-dealkylation sites (tertiary alicyclic amines) is 1. The number of hydrogen-bond donors (Lipinski definition) is 1. The largest absolute Gasteiger partial charge is 0.401 e. The van der Waals surface area contributed by atoms with Gasteiger partial charge in [-0.2, -0.15) is 18.3 Å². The molecular weight excluding hydrogens is 601 g/mol. The Morgan fingerprint density at radius 3 is 2.88 bits per heavy atom. The molecule has 9 nitrogen and oxygen atoms in total. The van der Waals surface area contributed by atoms with E-state index in [1.807, 2.05) is 18.2 Å². The Bertz CT molecular complexity index is 1670. The van der Waals surface area contributed by atoms with Crippen molar-refractivity contribution in [1.29, 1.82) is 0 Å². The first kappa shape index (κ1) is 27.5. The maximum atomic E-state index is 12.9. The number of nitrogens with zero attached hydrogens (tertiary/aromatic N) is 7. The van der Waals surface area contributed by atoms with Crippen LogP contribution in [0.1, 0.15) is 31.5 Å². The van der Waals surface area contributed by atoms with Gasteiger partial charge in [0, 0.05) is 43.9 Å². The second-order valence-corrected chi connectivity index (χ2v) is 11.6. The van der Waals surface area contributed by atoms with E-state index in [4.69, 9.17) is 11.6 Å². The molecule has 1 amide bonds. The van der Waals surface area contributed by atoms with E-state index in [1.165, 1.54) is 4.90 Å². The highest BCUT2D eigenvalue weighted by molar-refractivity contribution is 9.10. The summed E-state index contributed by atoms with van der Waals surface area (Å²) in [6.07, 6.45) is 2.54. The van der Waals surface area contributed by atoms with Crippen LogP contribution in [0, 0.1) is 18.4 Å². The van der Waals surface area contributed by atoms with Crippen molar-refractivity contribution in [3.05, 3.63) is 58.5 Å². The number of alkyl halides is 3. The summed E-state index contributed by atoms with van der Waals surface area (Å²) in [6.45, 7) is 7.23. The van der Waals surface area contributed by atoms with Gasteiger partial charge in [0.1, 0.15) is 10.4 Å². The molecule has 3 atom stereocenters. The van der Waals surface area contributed by atoms with E-state index in [0.717, 1.165) is 23.6 Å². The number of hydrogen-bond acceptors (Lipinski definition) is 6. The summed E-state index contributed by atoms with van der Waals surface area (Å²) >= 11 is 3.50. The fourth-order valence-electron chi connectivity index (χ4n) is 5.97. The molecule has 1 aliphatic carbocycles. The lowest BCUT2D eigenvalue weighted by Crippen LogP contribution is -2.41. The van der Waals surface area contributed by atoms with Crippen LogP contribution >= 0.6 is 15.9 Å². The van der Waals surface area contributed by atoms with Gasteiger partial charge in [-0.1, -0.05) is 6.07 Å². The van der Waals surface area contributed by atoms with E-state index >= 15 is 0 Å². The minimum atomic E-state index is -4.23. The summed E-state index contributed by atoms with van der Waals surface area (Å²) in [5.74, 6) is 0.613. The van der Waals surface area contributed by atoms with Crippen molar-refractivity contribution in [3.63, 3.8) is 0 Å². The Balaban J connectivity index is 1.14. The van der Waals surface area contributed by atoms with Crippen LogP contribution < -0.4 is 5.32 Å². The van der Waals surface area contributed by atoms with Crippen molar-refractivity contribution in [2.45, 2.75) is 44.3 Å². The van der Waals surface area contributed by atoms with Crippen LogP contribution in [0.4, 0.5) is 18.9 Å². The van der Waals surface area contributed by atoms with Gasteiger partial charge >= 0.3 is 6.18 Å². The monoisotopic (exact) mass is 626 g/mol. The molecule has 0 spiro atoms. The predicted molar refractivity (Wildman–Crippen MR) is 150 cm³/mol. The van der Waals surface area contributed by atoms with Gasteiger partial charge in [-0.25, -0.2) is 19.5 Å². The zero-order valence-corrected chi connectivity index (χ0v) is 23.5. The van der Waals surface area contributed by atoms with Crippen LogP contribution in [-0.2, 0) is 11.2 Å². The summed E-state index contributed by atoms with van der Waals surface area (Å²) in [5.41, 5.74) is 2.35. The molecule has 6 rings (SSSR count). The molecule has 4 heterocycles. The third-order valence-electron chi connectivity index (χ3n) is 7.87. The van der Waals surface area contributed by atoms with Crippen molar-refractivity contribution < 1.29 is 18.0 Å². The fraction of sp³-hybridized carbons (Fsp3) is 0.429. The van der Waals surface area contributed by atoms with Crippen LogP contribution in [0.5, 0.6) is 0 Å². The maximum Gasteiger partial charge on any atom is 0.401 e. The summed E-state index contributed by atoms with van der Waals surface area (Å²) in [7, 11) is 0. The van der Waals surface area contributed by atoms with E-state index in [1.54, 1.807) is 23.1 Å². The predicted octanol–water partition coefficient (Wildman–Crippen LogP) is 5.39. The molecule has 41 heavy (non-hydrogen) atoms. The lowest BCUT2D eigenvalue weighted by atomic mass is 10.0. The van der Waals surface area contributed by atoms with Crippen molar-refractivity contribution in [2.75, 3.05) is 19.6 Å². The number of aromatic nitrogens is 5. The zero-order valence-electron chi connectivity index (χ0n) is 21.9. The summed E-state index contributed by atoms with van der Waals surface area (Å²) in [6, 6.07) is 7.14. The van der Waals surface area contributed by atoms with E-state index in [0.29, 0.717) is 58.8 Å². The number of carbonyl (C=O) groups excluding carboxylic acids is 1. The first-order chi connectivity index (χ1) is 19.7. The van der Waals surface area contributed by atoms with Crippen LogP contribution in [-0.4, -0.2) is 67.4 Å². The van der Waals surface area contributed by atoms with Crippen molar-refractivity contribution in [2.24, 2.45) is 11.8 Å². The van der Waals surface area contributed by atoms with E-state index < -0.39 is 12.7 Å². The number of halogens is 4. The molecule has 212 valence electrons. The SMILES string of the molecule is [C-]#[N+]c1cc(-n2nc(Br)c3cnc(C[C@@H]4CC[C@@H](C(=O)NC5CCN(CC(F)(F)F)C5)C4)nc32)cc2cccnc12. The highest BCUT2D eigenvalue weighted by Crippen LogP contribution is 2.35. The first-order valence-electron chi connectivity index (χ1n) is 13.4. The first-order valence-corrected chi connectivity index (χ1v) is 14.2. The van der Waals surface area contributed by atoms with Gasteiger partial charge in [0.2, 0.25) is 11.6 Å². The van der Waals surface area contributed by atoms with Gasteiger partial charge in [0.15, 0.2) is 5.65 Å². The molecule has 1 saturated carbocycles. The number of carbonyl (C=O) groups is 1. The summed E-state index contributed by atoms with van der Waals surface area (Å²) in [5, 5.41) is 9.15. The molecule has 1 aromatic carbocycles. The molecular formula is C28H26BrF3N8O. The Hall–Kier alpha value is -3.63. The molecule has 2 aliphatic rings. The third-order valence-corrected chi connectivity index (χ3v) is 8.45. The van der Waals surface area contributed by atoms with Gasteiger partial charge in [0.05, 0.1) is 29.7 Å². The number of rotatable bonds is 6. The third kappa shape index (κ3) is 5.90. The Morgan fingerprint density at radius 1 is 1.22 bits per heavy atom. The minimum absolute atomic E-state index is 0.0776. The molecule has 1 N–H and O–H groups in total. The van der Waals surface area contributed by atoms with Gasteiger partial charge < -0.3 is 5.32 Å². The molecule has 3 aromatic heterocycles. The average molecular weight is 627 g/mol. The zero-order chi connectivity index (χ0) is 28.7. The van der Waals surface area contributed by atoms with Crippen molar-refractivity contribution in [1.82, 2.24) is 34.9 Å². The Kier molecular flexibility index (Phi) is 7.37. The molecule has 1 saturated heterocycles. The fourth-order valence-corrected chi connectivity index (χ4v) is 6.41.